The van der Waals surface area contributed by atoms with Crippen molar-refractivity contribution < 1.29 is 0 Å². The highest BCUT2D eigenvalue weighted by atomic mass is 15.3. The molecule has 3 heteroatoms. The van der Waals surface area contributed by atoms with Crippen LogP contribution >= 0.6 is 0 Å². The summed E-state index contributed by atoms with van der Waals surface area (Å²) in [5.41, 5.74) is 2.89. The Kier molecular flexibility index (Phi) is 6.18. The predicted octanol–water partition coefficient (Wildman–Crippen LogP) is 3.49. The Morgan fingerprint density at radius 3 is 2.33 bits per heavy atom. The van der Waals surface area contributed by atoms with Gasteiger partial charge in [-0.15, -0.1) is 0 Å². The maximum Gasteiger partial charge on any atom is 0.0368 e. The average Bonchev–Trinajstić information content (AvgIpc) is 2.63. The zero-order valence-electron chi connectivity index (χ0n) is 15.9. The lowest BCUT2D eigenvalue weighted by atomic mass is 9.95. The second kappa shape index (κ2) is 8.35. The van der Waals surface area contributed by atoms with Crippen molar-refractivity contribution in [1.82, 2.24) is 9.80 Å². The van der Waals surface area contributed by atoms with Crippen LogP contribution in [0.15, 0.2) is 24.3 Å². The molecule has 1 aromatic carbocycles. The Labute approximate surface area is 148 Å². The summed E-state index contributed by atoms with van der Waals surface area (Å²) in [5.74, 6) is 0.890. The van der Waals surface area contributed by atoms with Crippen LogP contribution in [0, 0.1) is 5.92 Å². The first-order chi connectivity index (χ1) is 11.7. The molecule has 2 fully saturated rings. The molecule has 0 aromatic heterocycles. The minimum absolute atomic E-state index is 0.703. The van der Waals surface area contributed by atoms with Crippen molar-refractivity contribution in [3.8, 4) is 0 Å². The molecule has 0 bridgehead atoms. The van der Waals surface area contributed by atoms with Crippen molar-refractivity contribution in [3.63, 3.8) is 0 Å². The summed E-state index contributed by atoms with van der Waals surface area (Å²) < 4.78 is 0. The van der Waals surface area contributed by atoms with E-state index in [4.69, 9.17) is 0 Å². The molecule has 0 N–H and O–H groups in total. The molecule has 3 nitrogen and oxygen atoms in total. The third-order valence-electron chi connectivity index (χ3n) is 5.95. The largest absolute Gasteiger partial charge is 0.372 e. The number of piperazine rings is 1. The zero-order valence-corrected chi connectivity index (χ0v) is 15.9. The first kappa shape index (κ1) is 17.8. The van der Waals surface area contributed by atoms with Crippen LogP contribution in [0.1, 0.15) is 39.2 Å². The number of piperidine rings is 1. The van der Waals surface area contributed by atoms with Gasteiger partial charge in [-0.3, -0.25) is 4.90 Å². The quantitative estimate of drug-likeness (QED) is 0.819. The van der Waals surface area contributed by atoms with Crippen molar-refractivity contribution in [3.05, 3.63) is 29.8 Å². The fraction of sp³-hybridized carbons (Fsp3) is 0.714. The van der Waals surface area contributed by atoms with Gasteiger partial charge in [0, 0.05) is 57.5 Å². The SMILES string of the molecule is CCc1cccc(N2CCC(CN3CCN(C(C)C)CC3)CC2)c1. The van der Waals surface area contributed by atoms with E-state index in [1.54, 1.807) is 0 Å². The van der Waals surface area contributed by atoms with Gasteiger partial charge in [0.05, 0.1) is 0 Å². The molecule has 0 aliphatic carbocycles. The lowest BCUT2D eigenvalue weighted by molar-refractivity contribution is 0.0931. The van der Waals surface area contributed by atoms with Gasteiger partial charge in [0.25, 0.3) is 0 Å². The molecule has 3 rings (SSSR count). The second-order valence-corrected chi connectivity index (χ2v) is 7.88. The van der Waals surface area contributed by atoms with E-state index >= 15 is 0 Å². The fourth-order valence-corrected chi connectivity index (χ4v) is 4.17. The number of rotatable bonds is 5. The fourth-order valence-electron chi connectivity index (χ4n) is 4.17. The van der Waals surface area contributed by atoms with Gasteiger partial charge in [-0.2, -0.15) is 0 Å². The van der Waals surface area contributed by atoms with Crippen LogP contribution < -0.4 is 4.90 Å². The van der Waals surface area contributed by atoms with Gasteiger partial charge < -0.3 is 9.80 Å². The van der Waals surface area contributed by atoms with Gasteiger partial charge in [-0.1, -0.05) is 19.1 Å². The van der Waals surface area contributed by atoms with Crippen molar-refractivity contribution in [2.75, 3.05) is 50.7 Å². The van der Waals surface area contributed by atoms with Gasteiger partial charge in [-0.25, -0.2) is 0 Å². The summed E-state index contributed by atoms with van der Waals surface area (Å²) in [6.45, 7) is 15.7. The van der Waals surface area contributed by atoms with E-state index in [-0.39, 0.29) is 0 Å². The number of benzene rings is 1. The number of aryl methyl sites for hydroxylation is 1. The molecule has 134 valence electrons. The Balaban J connectivity index is 1.44. The molecule has 0 radical (unpaired) electrons. The first-order valence-electron chi connectivity index (χ1n) is 9.96. The summed E-state index contributed by atoms with van der Waals surface area (Å²) >= 11 is 0. The van der Waals surface area contributed by atoms with Crippen LogP contribution in [0.2, 0.25) is 0 Å². The molecule has 0 amide bonds. The van der Waals surface area contributed by atoms with E-state index in [0.29, 0.717) is 6.04 Å². The third kappa shape index (κ3) is 4.52. The second-order valence-electron chi connectivity index (χ2n) is 7.88. The zero-order chi connectivity index (χ0) is 16.9. The van der Waals surface area contributed by atoms with Crippen molar-refractivity contribution in [2.45, 2.75) is 46.1 Å². The Morgan fingerprint density at radius 1 is 1.00 bits per heavy atom. The standard InChI is InChI=1S/C21H35N3/c1-4-19-6-5-7-21(16-19)24-10-8-20(9-11-24)17-22-12-14-23(15-13-22)18(2)3/h5-7,16,18,20H,4,8-15,17H2,1-3H3. The van der Waals surface area contributed by atoms with Crippen molar-refractivity contribution in [2.24, 2.45) is 5.92 Å². The Hall–Kier alpha value is -1.06. The predicted molar refractivity (Wildman–Crippen MR) is 104 cm³/mol. The molecule has 2 heterocycles. The van der Waals surface area contributed by atoms with Gasteiger partial charge >= 0.3 is 0 Å². The molecular formula is C21H35N3. The molecule has 0 saturated carbocycles. The average molecular weight is 330 g/mol. The maximum atomic E-state index is 2.71. The lowest BCUT2D eigenvalue weighted by Gasteiger charge is -2.40. The van der Waals surface area contributed by atoms with E-state index in [0.717, 1.165) is 12.3 Å². The summed E-state index contributed by atoms with van der Waals surface area (Å²) in [7, 11) is 0. The summed E-state index contributed by atoms with van der Waals surface area (Å²) in [4.78, 5) is 7.91. The van der Waals surface area contributed by atoms with Crippen molar-refractivity contribution >= 4 is 5.69 Å². The van der Waals surface area contributed by atoms with Crippen LogP contribution in [-0.4, -0.2) is 61.7 Å². The molecule has 2 saturated heterocycles. The number of anilines is 1. The van der Waals surface area contributed by atoms with Gasteiger partial charge in [0.15, 0.2) is 0 Å². The van der Waals surface area contributed by atoms with Crippen LogP contribution in [0.25, 0.3) is 0 Å². The van der Waals surface area contributed by atoms with Gasteiger partial charge in [-0.05, 0) is 56.7 Å². The summed E-state index contributed by atoms with van der Waals surface area (Å²) in [6.07, 6.45) is 3.83. The molecule has 0 atom stereocenters. The monoisotopic (exact) mass is 329 g/mol. The van der Waals surface area contributed by atoms with Crippen LogP contribution in [0.3, 0.4) is 0 Å². The molecule has 24 heavy (non-hydrogen) atoms. The minimum Gasteiger partial charge on any atom is -0.372 e. The molecule has 2 aliphatic rings. The van der Waals surface area contributed by atoms with Crippen molar-refractivity contribution in [1.29, 1.82) is 0 Å². The smallest absolute Gasteiger partial charge is 0.0368 e. The number of hydrogen-bond acceptors (Lipinski definition) is 3. The van der Waals surface area contributed by atoms with E-state index in [2.05, 4.69) is 59.7 Å². The van der Waals surface area contributed by atoms with Crippen LogP contribution in [-0.2, 0) is 6.42 Å². The molecule has 1 aromatic rings. The van der Waals surface area contributed by atoms with Crippen LogP contribution in [0.5, 0.6) is 0 Å². The highest BCUT2D eigenvalue weighted by Crippen LogP contribution is 2.25. The summed E-state index contributed by atoms with van der Waals surface area (Å²) in [5, 5.41) is 0. The Morgan fingerprint density at radius 2 is 1.71 bits per heavy atom. The third-order valence-corrected chi connectivity index (χ3v) is 5.95. The molecular weight excluding hydrogens is 294 g/mol. The van der Waals surface area contributed by atoms with Gasteiger partial charge in [0.2, 0.25) is 0 Å². The summed E-state index contributed by atoms with van der Waals surface area (Å²) in [6, 6.07) is 9.83. The van der Waals surface area contributed by atoms with E-state index in [1.807, 2.05) is 0 Å². The topological polar surface area (TPSA) is 9.72 Å². The number of hydrogen-bond donors (Lipinski definition) is 0. The minimum atomic E-state index is 0.703. The van der Waals surface area contributed by atoms with E-state index in [1.165, 1.54) is 69.9 Å². The lowest BCUT2D eigenvalue weighted by Crippen LogP contribution is -2.50. The first-order valence-corrected chi connectivity index (χ1v) is 9.96. The number of nitrogens with zero attached hydrogens (tertiary/aromatic N) is 3. The molecule has 0 unspecified atom stereocenters. The van der Waals surface area contributed by atoms with E-state index in [9.17, 15) is 0 Å². The highest BCUT2D eigenvalue weighted by Gasteiger charge is 2.24. The van der Waals surface area contributed by atoms with E-state index < -0.39 is 0 Å². The molecule has 2 aliphatic heterocycles. The molecule has 0 spiro atoms. The van der Waals surface area contributed by atoms with Gasteiger partial charge in [0.1, 0.15) is 0 Å². The maximum absolute atomic E-state index is 2.71. The Bertz CT molecular complexity index is 498. The highest BCUT2D eigenvalue weighted by molar-refractivity contribution is 5.49. The normalized spacial score (nSPS) is 21.6. The van der Waals surface area contributed by atoms with Crippen LogP contribution in [0.4, 0.5) is 5.69 Å².